The number of nitrogen functional groups attached to an aromatic ring is 1. The zero-order valence-electron chi connectivity index (χ0n) is 11.6. The molecule has 2 N–H and O–H groups in total. The summed E-state index contributed by atoms with van der Waals surface area (Å²) in [5, 5.41) is 0. The van der Waals surface area contributed by atoms with Crippen molar-refractivity contribution in [2.24, 2.45) is 0 Å². The zero-order chi connectivity index (χ0) is 14.7. The molecule has 0 unspecified atom stereocenters. The average Bonchev–Trinajstić information content (AvgIpc) is 2.36. The number of carbonyl (C=O) groups excluding carboxylic acids is 1. The van der Waals surface area contributed by atoms with Crippen LogP contribution in [0.1, 0.15) is 21.5 Å². The summed E-state index contributed by atoms with van der Waals surface area (Å²) in [4.78, 5) is 14.1. The Morgan fingerprint density at radius 2 is 2.00 bits per heavy atom. The van der Waals surface area contributed by atoms with E-state index in [0.29, 0.717) is 17.8 Å². The highest BCUT2D eigenvalue weighted by molar-refractivity contribution is 9.10. The topological polar surface area (TPSA) is 46.3 Å². The van der Waals surface area contributed by atoms with Crippen LogP contribution in [0, 0.1) is 6.92 Å². The van der Waals surface area contributed by atoms with E-state index in [1.54, 1.807) is 18.0 Å². The lowest BCUT2D eigenvalue weighted by Gasteiger charge is -2.18. The second-order valence-corrected chi connectivity index (χ2v) is 5.84. The highest BCUT2D eigenvalue weighted by Crippen LogP contribution is 2.16. The van der Waals surface area contributed by atoms with Crippen LogP contribution < -0.4 is 5.73 Å². The van der Waals surface area contributed by atoms with Crippen LogP contribution in [0.3, 0.4) is 0 Å². The molecule has 2 rings (SSSR count). The van der Waals surface area contributed by atoms with Gasteiger partial charge in [-0.2, -0.15) is 0 Å². The third kappa shape index (κ3) is 3.61. The molecule has 0 aliphatic heterocycles. The molecule has 3 nitrogen and oxygen atoms in total. The van der Waals surface area contributed by atoms with Crippen molar-refractivity contribution in [3.63, 3.8) is 0 Å². The molecule has 2 aromatic carbocycles. The Labute approximate surface area is 127 Å². The third-order valence-electron chi connectivity index (χ3n) is 3.00. The Balaban J connectivity index is 2.16. The molecule has 0 aliphatic carbocycles. The van der Waals surface area contributed by atoms with Crippen LogP contribution in [0.4, 0.5) is 5.69 Å². The Hall–Kier alpha value is -1.81. The van der Waals surface area contributed by atoms with Crippen molar-refractivity contribution in [2.75, 3.05) is 12.8 Å². The maximum atomic E-state index is 12.4. The summed E-state index contributed by atoms with van der Waals surface area (Å²) >= 11 is 3.43. The first-order valence-electron chi connectivity index (χ1n) is 6.33. The lowest BCUT2D eigenvalue weighted by atomic mass is 10.1. The summed E-state index contributed by atoms with van der Waals surface area (Å²) in [5.74, 6) is -0.0274. The number of aryl methyl sites for hydroxylation is 1. The molecular formula is C16H17BrN2O. The molecule has 0 heterocycles. The number of anilines is 1. The molecule has 0 saturated heterocycles. The van der Waals surface area contributed by atoms with Gasteiger partial charge in [0.25, 0.3) is 5.91 Å². The normalized spacial score (nSPS) is 10.3. The van der Waals surface area contributed by atoms with E-state index in [-0.39, 0.29) is 5.91 Å². The molecule has 4 heteroatoms. The Kier molecular flexibility index (Phi) is 4.45. The second kappa shape index (κ2) is 6.09. The summed E-state index contributed by atoms with van der Waals surface area (Å²) in [7, 11) is 1.79. The van der Waals surface area contributed by atoms with E-state index in [0.717, 1.165) is 15.6 Å². The lowest BCUT2D eigenvalue weighted by Crippen LogP contribution is -2.26. The number of hydrogen-bond donors (Lipinski definition) is 1. The molecule has 0 radical (unpaired) electrons. The molecule has 0 saturated carbocycles. The van der Waals surface area contributed by atoms with Gasteiger partial charge in [-0.25, -0.2) is 0 Å². The Morgan fingerprint density at radius 3 is 2.65 bits per heavy atom. The number of hydrogen-bond acceptors (Lipinski definition) is 2. The van der Waals surface area contributed by atoms with Gasteiger partial charge in [-0.05, 0) is 48.4 Å². The van der Waals surface area contributed by atoms with E-state index in [2.05, 4.69) is 15.9 Å². The van der Waals surface area contributed by atoms with Gasteiger partial charge in [0.05, 0.1) is 0 Å². The largest absolute Gasteiger partial charge is 0.399 e. The lowest BCUT2D eigenvalue weighted by molar-refractivity contribution is 0.0785. The van der Waals surface area contributed by atoms with Gasteiger partial charge in [-0.3, -0.25) is 4.79 Å². The number of nitrogens with zero attached hydrogens (tertiary/aromatic N) is 1. The standard InChI is InChI=1S/C16H17BrN2O/c1-11-6-13(9-15(18)7-11)16(20)19(2)10-12-4-3-5-14(17)8-12/h3-9H,10,18H2,1-2H3. The first kappa shape index (κ1) is 14.6. The van der Waals surface area contributed by atoms with Crippen molar-refractivity contribution in [3.8, 4) is 0 Å². The highest BCUT2D eigenvalue weighted by atomic mass is 79.9. The predicted molar refractivity (Wildman–Crippen MR) is 85.5 cm³/mol. The SMILES string of the molecule is Cc1cc(N)cc(C(=O)N(C)Cc2cccc(Br)c2)c1. The van der Waals surface area contributed by atoms with Crippen molar-refractivity contribution >= 4 is 27.5 Å². The fourth-order valence-corrected chi connectivity index (χ4v) is 2.58. The molecule has 104 valence electrons. The molecule has 0 spiro atoms. The molecule has 0 atom stereocenters. The van der Waals surface area contributed by atoms with Crippen molar-refractivity contribution < 1.29 is 4.79 Å². The van der Waals surface area contributed by atoms with Gasteiger partial charge >= 0.3 is 0 Å². The van der Waals surface area contributed by atoms with Gasteiger partial charge in [0.15, 0.2) is 0 Å². The van der Waals surface area contributed by atoms with E-state index in [1.165, 1.54) is 0 Å². The maximum absolute atomic E-state index is 12.4. The van der Waals surface area contributed by atoms with Crippen LogP contribution in [-0.4, -0.2) is 17.9 Å². The number of rotatable bonds is 3. The average molecular weight is 333 g/mol. The Morgan fingerprint density at radius 1 is 1.25 bits per heavy atom. The van der Waals surface area contributed by atoms with E-state index >= 15 is 0 Å². The molecule has 20 heavy (non-hydrogen) atoms. The van der Waals surface area contributed by atoms with Gasteiger partial charge < -0.3 is 10.6 Å². The molecule has 0 fully saturated rings. The third-order valence-corrected chi connectivity index (χ3v) is 3.50. The van der Waals surface area contributed by atoms with Crippen LogP contribution in [0.25, 0.3) is 0 Å². The number of nitrogens with two attached hydrogens (primary N) is 1. The minimum atomic E-state index is -0.0274. The van der Waals surface area contributed by atoms with Gasteiger partial charge in [-0.15, -0.1) is 0 Å². The maximum Gasteiger partial charge on any atom is 0.253 e. The number of halogens is 1. The van der Waals surface area contributed by atoms with Gasteiger partial charge in [0.2, 0.25) is 0 Å². The summed E-state index contributed by atoms with van der Waals surface area (Å²) in [6, 6.07) is 13.4. The van der Waals surface area contributed by atoms with Crippen LogP contribution in [0.2, 0.25) is 0 Å². The van der Waals surface area contributed by atoms with E-state index in [9.17, 15) is 4.79 Å². The van der Waals surface area contributed by atoms with E-state index < -0.39 is 0 Å². The van der Waals surface area contributed by atoms with Crippen molar-refractivity contribution in [3.05, 3.63) is 63.6 Å². The minimum absolute atomic E-state index is 0.0274. The van der Waals surface area contributed by atoms with Crippen molar-refractivity contribution in [1.29, 1.82) is 0 Å². The predicted octanol–water partition coefficient (Wildman–Crippen LogP) is 3.61. The van der Waals surface area contributed by atoms with Crippen molar-refractivity contribution in [2.45, 2.75) is 13.5 Å². The van der Waals surface area contributed by atoms with Gasteiger partial charge in [0.1, 0.15) is 0 Å². The smallest absolute Gasteiger partial charge is 0.253 e. The van der Waals surface area contributed by atoms with Crippen LogP contribution in [0.15, 0.2) is 46.9 Å². The van der Waals surface area contributed by atoms with Gasteiger partial charge in [-0.1, -0.05) is 28.1 Å². The first-order valence-corrected chi connectivity index (χ1v) is 7.12. The first-order chi connectivity index (χ1) is 9.45. The summed E-state index contributed by atoms with van der Waals surface area (Å²) in [5.41, 5.74) is 9.10. The van der Waals surface area contributed by atoms with E-state index in [4.69, 9.17) is 5.73 Å². The summed E-state index contributed by atoms with van der Waals surface area (Å²) in [6.45, 7) is 2.49. The molecule has 0 aromatic heterocycles. The molecular weight excluding hydrogens is 316 g/mol. The molecule has 0 aliphatic rings. The minimum Gasteiger partial charge on any atom is -0.399 e. The fraction of sp³-hybridized carbons (Fsp3) is 0.188. The van der Waals surface area contributed by atoms with Gasteiger partial charge in [0, 0.05) is 29.3 Å². The van der Waals surface area contributed by atoms with Crippen molar-refractivity contribution in [1.82, 2.24) is 4.90 Å². The van der Waals surface area contributed by atoms with Crippen LogP contribution in [0.5, 0.6) is 0 Å². The van der Waals surface area contributed by atoms with Crippen LogP contribution >= 0.6 is 15.9 Å². The summed E-state index contributed by atoms with van der Waals surface area (Å²) < 4.78 is 1.01. The molecule has 1 amide bonds. The fourth-order valence-electron chi connectivity index (χ4n) is 2.14. The number of carbonyl (C=O) groups is 1. The van der Waals surface area contributed by atoms with Crippen LogP contribution in [-0.2, 0) is 6.54 Å². The quantitative estimate of drug-likeness (QED) is 0.872. The molecule has 0 bridgehead atoms. The zero-order valence-corrected chi connectivity index (χ0v) is 13.1. The number of amides is 1. The summed E-state index contributed by atoms with van der Waals surface area (Å²) in [6.07, 6.45) is 0. The second-order valence-electron chi connectivity index (χ2n) is 4.92. The Bertz CT molecular complexity index is 620. The highest BCUT2D eigenvalue weighted by Gasteiger charge is 2.13. The monoisotopic (exact) mass is 332 g/mol. The number of benzene rings is 2. The van der Waals surface area contributed by atoms with E-state index in [1.807, 2.05) is 43.3 Å². The molecule has 2 aromatic rings.